The van der Waals surface area contributed by atoms with Crippen LogP contribution in [0.15, 0.2) is 0 Å². The molecule has 0 spiro atoms. The third-order valence-corrected chi connectivity index (χ3v) is 4.09. The maximum Gasteiger partial charge on any atom is 0.303 e. The van der Waals surface area contributed by atoms with Gasteiger partial charge in [-0.25, -0.2) is 0 Å². The Bertz CT molecular complexity index is 211. The topological polar surface area (TPSA) is 37.3 Å². The molecule has 1 unspecified atom stereocenters. The Hall–Kier alpha value is -0.530. The molecule has 0 rings (SSSR count). The number of carboxylic acids is 1. The molecule has 1 atom stereocenters. The summed E-state index contributed by atoms with van der Waals surface area (Å²) in [5.41, 5.74) is 0. The van der Waals surface area contributed by atoms with E-state index in [9.17, 15) is 4.79 Å². The van der Waals surface area contributed by atoms with E-state index in [0.29, 0.717) is 6.42 Å². The van der Waals surface area contributed by atoms with Crippen molar-refractivity contribution in [1.29, 1.82) is 0 Å². The van der Waals surface area contributed by atoms with Crippen molar-refractivity contribution in [2.75, 3.05) is 0 Å². The van der Waals surface area contributed by atoms with E-state index in [2.05, 4.69) is 20.8 Å². The van der Waals surface area contributed by atoms with Gasteiger partial charge in [-0.15, -0.1) is 0 Å². The maximum absolute atomic E-state index is 10.4. The zero-order valence-electron chi connectivity index (χ0n) is 13.3. The smallest absolute Gasteiger partial charge is 0.303 e. The highest BCUT2D eigenvalue weighted by Crippen LogP contribution is 2.25. The molecule has 1 N–H and O–H groups in total. The molecule has 2 heteroatoms. The predicted molar refractivity (Wildman–Crippen MR) is 82.4 cm³/mol. The van der Waals surface area contributed by atoms with Crippen molar-refractivity contribution < 1.29 is 9.90 Å². The standard InChI is InChI=1S/C17H34O2/c1-4-5-9-12-16(15(2)3)13-10-7-6-8-11-14-17(18)19/h15-16H,4-14H2,1-3H3,(H,18,19). The van der Waals surface area contributed by atoms with Crippen LogP contribution in [0.2, 0.25) is 0 Å². The molecule has 0 bridgehead atoms. The second kappa shape index (κ2) is 12.5. The van der Waals surface area contributed by atoms with Gasteiger partial charge in [0.15, 0.2) is 0 Å². The first-order chi connectivity index (χ1) is 9.07. The first-order valence-electron chi connectivity index (χ1n) is 8.29. The van der Waals surface area contributed by atoms with E-state index in [4.69, 9.17) is 5.11 Å². The van der Waals surface area contributed by atoms with Gasteiger partial charge in [-0.3, -0.25) is 4.79 Å². The van der Waals surface area contributed by atoms with Crippen LogP contribution < -0.4 is 0 Å². The van der Waals surface area contributed by atoms with E-state index < -0.39 is 5.97 Å². The number of hydrogen-bond acceptors (Lipinski definition) is 1. The lowest BCUT2D eigenvalue weighted by Crippen LogP contribution is -2.08. The molecule has 2 nitrogen and oxygen atoms in total. The molecule has 0 aromatic heterocycles. The van der Waals surface area contributed by atoms with Gasteiger partial charge in [-0.1, -0.05) is 78.6 Å². The van der Waals surface area contributed by atoms with Gasteiger partial charge >= 0.3 is 5.97 Å². The molecule has 0 heterocycles. The van der Waals surface area contributed by atoms with Gasteiger partial charge < -0.3 is 5.11 Å². The minimum absolute atomic E-state index is 0.339. The SMILES string of the molecule is CCCCCC(CCCCCCCC(=O)O)C(C)C. The molecular formula is C17H34O2. The van der Waals surface area contributed by atoms with Crippen molar-refractivity contribution in [1.82, 2.24) is 0 Å². The van der Waals surface area contributed by atoms with Crippen LogP contribution in [0.3, 0.4) is 0 Å². The van der Waals surface area contributed by atoms with Gasteiger partial charge in [0.2, 0.25) is 0 Å². The minimum atomic E-state index is -0.657. The summed E-state index contributed by atoms with van der Waals surface area (Å²) >= 11 is 0. The van der Waals surface area contributed by atoms with E-state index in [1.54, 1.807) is 0 Å². The van der Waals surface area contributed by atoms with Crippen LogP contribution in [0.4, 0.5) is 0 Å². The molecular weight excluding hydrogens is 236 g/mol. The van der Waals surface area contributed by atoms with Crippen molar-refractivity contribution >= 4 is 5.97 Å². The average molecular weight is 270 g/mol. The average Bonchev–Trinajstić information content (AvgIpc) is 2.34. The van der Waals surface area contributed by atoms with Crippen molar-refractivity contribution in [2.24, 2.45) is 11.8 Å². The number of carbonyl (C=O) groups is 1. The Morgan fingerprint density at radius 1 is 0.895 bits per heavy atom. The van der Waals surface area contributed by atoms with E-state index in [1.165, 1.54) is 51.4 Å². The van der Waals surface area contributed by atoms with Crippen LogP contribution >= 0.6 is 0 Å². The normalized spacial score (nSPS) is 12.8. The Morgan fingerprint density at radius 3 is 1.95 bits per heavy atom. The Kier molecular flexibility index (Phi) is 12.2. The number of hydrogen-bond donors (Lipinski definition) is 1. The largest absolute Gasteiger partial charge is 0.481 e. The predicted octanol–water partition coefficient (Wildman–Crippen LogP) is 5.65. The number of carboxylic acid groups (broad SMARTS) is 1. The van der Waals surface area contributed by atoms with E-state index in [0.717, 1.165) is 24.7 Å². The summed E-state index contributed by atoms with van der Waals surface area (Å²) in [6, 6.07) is 0. The molecule has 0 aromatic rings. The molecule has 0 saturated carbocycles. The van der Waals surface area contributed by atoms with Crippen molar-refractivity contribution in [3.05, 3.63) is 0 Å². The summed E-state index contributed by atoms with van der Waals surface area (Å²) in [6.07, 6.45) is 12.9. The van der Waals surface area contributed by atoms with Gasteiger partial charge in [0, 0.05) is 6.42 Å². The molecule has 0 saturated heterocycles. The lowest BCUT2D eigenvalue weighted by atomic mass is 9.86. The Balaban J connectivity index is 3.50. The fourth-order valence-corrected chi connectivity index (χ4v) is 2.68. The number of aliphatic carboxylic acids is 1. The second-order valence-electron chi connectivity index (χ2n) is 6.20. The van der Waals surface area contributed by atoms with Gasteiger partial charge in [0.1, 0.15) is 0 Å². The highest BCUT2D eigenvalue weighted by Gasteiger charge is 2.12. The van der Waals surface area contributed by atoms with E-state index in [1.807, 2.05) is 0 Å². The van der Waals surface area contributed by atoms with Gasteiger partial charge in [-0.05, 0) is 18.3 Å². The zero-order valence-corrected chi connectivity index (χ0v) is 13.3. The van der Waals surface area contributed by atoms with Gasteiger partial charge in [0.25, 0.3) is 0 Å². The molecule has 0 fully saturated rings. The van der Waals surface area contributed by atoms with Gasteiger partial charge in [-0.2, -0.15) is 0 Å². The molecule has 0 aliphatic heterocycles. The third kappa shape index (κ3) is 12.3. The van der Waals surface area contributed by atoms with Crippen LogP contribution in [-0.2, 0) is 4.79 Å². The Labute approximate surface area is 120 Å². The second-order valence-corrected chi connectivity index (χ2v) is 6.20. The van der Waals surface area contributed by atoms with Crippen LogP contribution in [0.1, 0.15) is 91.4 Å². The van der Waals surface area contributed by atoms with Crippen molar-refractivity contribution in [3.8, 4) is 0 Å². The Morgan fingerprint density at radius 2 is 1.42 bits per heavy atom. The molecule has 0 radical (unpaired) electrons. The van der Waals surface area contributed by atoms with Crippen molar-refractivity contribution in [2.45, 2.75) is 91.4 Å². The highest BCUT2D eigenvalue weighted by molar-refractivity contribution is 5.66. The quantitative estimate of drug-likeness (QED) is 0.439. The van der Waals surface area contributed by atoms with E-state index in [-0.39, 0.29) is 0 Å². The molecule has 0 aliphatic rings. The molecule has 0 aliphatic carbocycles. The number of rotatable bonds is 13. The monoisotopic (exact) mass is 270 g/mol. The fraction of sp³-hybridized carbons (Fsp3) is 0.941. The third-order valence-electron chi connectivity index (χ3n) is 4.09. The van der Waals surface area contributed by atoms with Crippen LogP contribution in [-0.4, -0.2) is 11.1 Å². The summed E-state index contributed by atoms with van der Waals surface area (Å²) in [5.74, 6) is 1.05. The summed E-state index contributed by atoms with van der Waals surface area (Å²) in [7, 11) is 0. The van der Waals surface area contributed by atoms with Crippen LogP contribution in [0.5, 0.6) is 0 Å². The van der Waals surface area contributed by atoms with Crippen LogP contribution in [0.25, 0.3) is 0 Å². The number of unbranched alkanes of at least 4 members (excludes halogenated alkanes) is 6. The zero-order chi connectivity index (χ0) is 14.5. The lowest BCUT2D eigenvalue weighted by Gasteiger charge is -2.20. The summed E-state index contributed by atoms with van der Waals surface area (Å²) in [5, 5.41) is 8.55. The van der Waals surface area contributed by atoms with E-state index >= 15 is 0 Å². The maximum atomic E-state index is 10.4. The molecule has 0 amide bonds. The van der Waals surface area contributed by atoms with Crippen molar-refractivity contribution in [3.63, 3.8) is 0 Å². The van der Waals surface area contributed by atoms with Crippen LogP contribution in [0, 0.1) is 11.8 Å². The first kappa shape index (κ1) is 18.5. The molecule has 114 valence electrons. The molecule has 0 aromatic carbocycles. The minimum Gasteiger partial charge on any atom is -0.481 e. The first-order valence-corrected chi connectivity index (χ1v) is 8.29. The summed E-state index contributed by atoms with van der Waals surface area (Å²) in [4.78, 5) is 10.4. The molecule has 19 heavy (non-hydrogen) atoms. The fourth-order valence-electron chi connectivity index (χ4n) is 2.68. The summed E-state index contributed by atoms with van der Waals surface area (Å²) in [6.45, 7) is 6.97. The van der Waals surface area contributed by atoms with Gasteiger partial charge in [0.05, 0.1) is 0 Å². The highest BCUT2D eigenvalue weighted by atomic mass is 16.4. The lowest BCUT2D eigenvalue weighted by molar-refractivity contribution is -0.137. The summed E-state index contributed by atoms with van der Waals surface area (Å²) < 4.78 is 0.